The molecule has 4 heteroatoms. The molecule has 0 aliphatic rings. The van der Waals surface area contributed by atoms with Gasteiger partial charge in [-0.1, -0.05) is 32.0 Å². The molecule has 0 saturated carbocycles. The number of hydrogen-bond acceptors (Lipinski definition) is 4. The summed E-state index contributed by atoms with van der Waals surface area (Å²) in [6.45, 7) is 4.25. The highest BCUT2D eigenvalue weighted by atomic mass is 16.5. The van der Waals surface area contributed by atoms with Gasteiger partial charge in [-0.05, 0) is 30.9 Å². The summed E-state index contributed by atoms with van der Waals surface area (Å²) in [7, 11) is 3.44. The Morgan fingerprint density at radius 3 is 2.32 bits per heavy atom. The van der Waals surface area contributed by atoms with Crippen molar-refractivity contribution in [1.82, 2.24) is 5.43 Å². The molecule has 108 valence electrons. The maximum atomic E-state index is 5.75. The van der Waals surface area contributed by atoms with Crippen LogP contribution in [0.3, 0.4) is 0 Å². The summed E-state index contributed by atoms with van der Waals surface area (Å²) in [5.74, 6) is 6.64. The highest BCUT2D eigenvalue weighted by Crippen LogP contribution is 2.28. The van der Waals surface area contributed by atoms with E-state index in [9.17, 15) is 0 Å². The number of rotatable bonds is 8. The fraction of sp³-hybridized carbons (Fsp3) is 0.600. The molecule has 19 heavy (non-hydrogen) atoms. The van der Waals surface area contributed by atoms with E-state index in [2.05, 4.69) is 25.3 Å². The van der Waals surface area contributed by atoms with E-state index in [0.717, 1.165) is 30.6 Å². The standard InChI is InChI=1S/C15H26N2O2/c1-5-15(6-2,19-4)14(17-16)11-12-9-7-8-10-13(12)18-3/h7-10,14,17H,5-6,11,16H2,1-4H3. The first-order chi connectivity index (χ1) is 9.17. The van der Waals surface area contributed by atoms with Crippen LogP contribution in [0.2, 0.25) is 0 Å². The number of methoxy groups -OCH3 is 2. The summed E-state index contributed by atoms with van der Waals surface area (Å²) in [5, 5.41) is 0. The Balaban J connectivity index is 2.98. The molecule has 0 amide bonds. The molecule has 0 spiro atoms. The summed E-state index contributed by atoms with van der Waals surface area (Å²) >= 11 is 0. The zero-order valence-electron chi connectivity index (χ0n) is 12.4. The van der Waals surface area contributed by atoms with Crippen LogP contribution in [0.15, 0.2) is 24.3 Å². The first-order valence-electron chi connectivity index (χ1n) is 6.80. The Labute approximate surface area is 116 Å². The zero-order chi connectivity index (χ0) is 14.3. The van der Waals surface area contributed by atoms with Gasteiger partial charge in [0.2, 0.25) is 0 Å². The highest BCUT2D eigenvalue weighted by Gasteiger charge is 2.35. The lowest BCUT2D eigenvalue weighted by Crippen LogP contribution is -2.55. The maximum absolute atomic E-state index is 5.75. The molecule has 3 N–H and O–H groups in total. The van der Waals surface area contributed by atoms with Crippen molar-refractivity contribution >= 4 is 0 Å². The smallest absolute Gasteiger partial charge is 0.122 e. The second kappa shape index (κ2) is 7.48. The van der Waals surface area contributed by atoms with Crippen LogP contribution in [0.1, 0.15) is 32.3 Å². The molecule has 4 nitrogen and oxygen atoms in total. The normalized spacial score (nSPS) is 13.3. The molecule has 1 atom stereocenters. The summed E-state index contributed by atoms with van der Waals surface area (Å²) in [5.41, 5.74) is 3.80. The van der Waals surface area contributed by atoms with E-state index in [4.69, 9.17) is 15.3 Å². The fourth-order valence-corrected chi connectivity index (χ4v) is 2.66. The Hall–Kier alpha value is -1.10. The third-order valence-corrected chi connectivity index (χ3v) is 4.06. The third-order valence-electron chi connectivity index (χ3n) is 4.06. The van der Waals surface area contributed by atoms with Gasteiger partial charge < -0.3 is 9.47 Å². The minimum Gasteiger partial charge on any atom is -0.496 e. The molecule has 0 aliphatic heterocycles. The van der Waals surface area contributed by atoms with E-state index in [0.29, 0.717) is 0 Å². The third kappa shape index (κ3) is 3.47. The largest absolute Gasteiger partial charge is 0.496 e. The van der Waals surface area contributed by atoms with Gasteiger partial charge in [0.05, 0.1) is 18.8 Å². The second-order valence-corrected chi connectivity index (χ2v) is 4.71. The van der Waals surface area contributed by atoms with Gasteiger partial charge in [0.25, 0.3) is 0 Å². The highest BCUT2D eigenvalue weighted by molar-refractivity contribution is 5.34. The van der Waals surface area contributed by atoms with Crippen LogP contribution < -0.4 is 16.0 Å². The Morgan fingerprint density at radius 2 is 1.84 bits per heavy atom. The monoisotopic (exact) mass is 266 g/mol. The SMILES string of the molecule is CCC(CC)(OC)C(Cc1ccccc1OC)NN. The molecule has 1 aromatic rings. The van der Waals surface area contributed by atoms with Crippen LogP contribution in [0.25, 0.3) is 0 Å². The minimum absolute atomic E-state index is 0.0452. The molecular formula is C15H26N2O2. The maximum Gasteiger partial charge on any atom is 0.122 e. The molecule has 0 heterocycles. The number of benzene rings is 1. The molecule has 0 aromatic heterocycles. The lowest BCUT2D eigenvalue weighted by Gasteiger charge is -2.38. The number of ether oxygens (including phenoxy) is 2. The van der Waals surface area contributed by atoms with Crippen molar-refractivity contribution in [2.75, 3.05) is 14.2 Å². The van der Waals surface area contributed by atoms with Gasteiger partial charge in [-0.3, -0.25) is 11.3 Å². The summed E-state index contributed by atoms with van der Waals surface area (Å²) < 4.78 is 11.1. The Morgan fingerprint density at radius 1 is 1.21 bits per heavy atom. The topological polar surface area (TPSA) is 56.5 Å². The van der Waals surface area contributed by atoms with Crippen LogP contribution in [-0.2, 0) is 11.2 Å². The van der Waals surface area contributed by atoms with Gasteiger partial charge in [-0.25, -0.2) is 0 Å². The van der Waals surface area contributed by atoms with E-state index in [-0.39, 0.29) is 11.6 Å². The summed E-state index contributed by atoms with van der Waals surface area (Å²) in [6, 6.07) is 8.06. The zero-order valence-corrected chi connectivity index (χ0v) is 12.4. The van der Waals surface area contributed by atoms with Crippen LogP contribution in [-0.4, -0.2) is 25.9 Å². The second-order valence-electron chi connectivity index (χ2n) is 4.71. The van der Waals surface area contributed by atoms with E-state index >= 15 is 0 Å². The van der Waals surface area contributed by atoms with Crippen LogP contribution in [0.5, 0.6) is 5.75 Å². The van der Waals surface area contributed by atoms with Crippen LogP contribution >= 0.6 is 0 Å². The van der Waals surface area contributed by atoms with Gasteiger partial charge in [-0.15, -0.1) is 0 Å². The van der Waals surface area contributed by atoms with E-state index in [1.54, 1.807) is 14.2 Å². The molecule has 0 bridgehead atoms. The van der Waals surface area contributed by atoms with Gasteiger partial charge >= 0.3 is 0 Å². The van der Waals surface area contributed by atoms with Gasteiger partial charge in [0.15, 0.2) is 0 Å². The molecule has 1 rings (SSSR count). The van der Waals surface area contributed by atoms with Crippen molar-refractivity contribution in [2.45, 2.75) is 44.8 Å². The van der Waals surface area contributed by atoms with Gasteiger partial charge in [0.1, 0.15) is 5.75 Å². The van der Waals surface area contributed by atoms with E-state index < -0.39 is 0 Å². The summed E-state index contributed by atoms with van der Waals surface area (Å²) in [4.78, 5) is 0. The number of hydrazine groups is 1. The molecule has 1 aromatic carbocycles. The molecule has 0 saturated heterocycles. The molecule has 0 fully saturated rings. The fourth-order valence-electron chi connectivity index (χ4n) is 2.66. The average Bonchev–Trinajstić information content (AvgIpc) is 2.48. The number of para-hydroxylation sites is 1. The Bertz CT molecular complexity index is 370. The van der Waals surface area contributed by atoms with Crippen molar-refractivity contribution in [2.24, 2.45) is 5.84 Å². The number of nitrogens with two attached hydrogens (primary N) is 1. The lowest BCUT2D eigenvalue weighted by atomic mass is 9.84. The van der Waals surface area contributed by atoms with Crippen molar-refractivity contribution in [3.8, 4) is 5.75 Å². The predicted octanol–water partition coefficient (Wildman–Crippen LogP) is 2.27. The Kier molecular flexibility index (Phi) is 6.28. The molecule has 1 unspecified atom stereocenters. The first kappa shape index (κ1) is 16.0. The molecule has 0 radical (unpaired) electrons. The summed E-state index contributed by atoms with van der Waals surface area (Å²) in [6.07, 6.45) is 2.59. The quantitative estimate of drug-likeness (QED) is 0.560. The average molecular weight is 266 g/mol. The lowest BCUT2D eigenvalue weighted by molar-refractivity contribution is -0.0473. The van der Waals surface area contributed by atoms with Crippen molar-refractivity contribution in [3.63, 3.8) is 0 Å². The predicted molar refractivity (Wildman–Crippen MR) is 78.1 cm³/mol. The van der Waals surface area contributed by atoms with Crippen molar-refractivity contribution in [1.29, 1.82) is 0 Å². The van der Waals surface area contributed by atoms with E-state index in [1.165, 1.54) is 0 Å². The van der Waals surface area contributed by atoms with Gasteiger partial charge in [-0.2, -0.15) is 0 Å². The number of hydrogen-bond donors (Lipinski definition) is 2. The van der Waals surface area contributed by atoms with E-state index in [1.807, 2.05) is 18.2 Å². The molecule has 0 aliphatic carbocycles. The minimum atomic E-state index is -0.254. The van der Waals surface area contributed by atoms with Crippen molar-refractivity contribution < 1.29 is 9.47 Å². The molecular weight excluding hydrogens is 240 g/mol. The van der Waals surface area contributed by atoms with Crippen molar-refractivity contribution in [3.05, 3.63) is 29.8 Å². The first-order valence-corrected chi connectivity index (χ1v) is 6.80. The van der Waals surface area contributed by atoms with Crippen LogP contribution in [0, 0.1) is 0 Å². The van der Waals surface area contributed by atoms with Crippen LogP contribution in [0.4, 0.5) is 0 Å². The van der Waals surface area contributed by atoms with Gasteiger partial charge in [0, 0.05) is 7.11 Å². The number of nitrogens with one attached hydrogen (secondary N) is 1.